The van der Waals surface area contributed by atoms with Crippen LogP contribution in [0, 0.1) is 54.8 Å². The second kappa shape index (κ2) is 40.2. The van der Waals surface area contributed by atoms with E-state index in [1.54, 1.807) is 43.1 Å². The van der Waals surface area contributed by atoms with E-state index >= 15 is 0 Å². The number of amides is 4. The highest BCUT2D eigenvalue weighted by molar-refractivity contribution is 7.92. The van der Waals surface area contributed by atoms with Gasteiger partial charge in [-0.2, -0.15) is 5.26 Å². The number of aromatic nitrogens is 13. The van der Waals surface area contributed by atoms with Crippen molar-refractivity contribution in [3.63, 3.8) is 0 Å². The molecule has 32 nitrogen and oxygen atoms in total. The van der Waals surface area contributed by atoms with Crippen LogP contribution in [0.1, 0.15) is 225 Å². The number of nitriles is 1. The molecular weight excluding hydrogens is 1790 g/mol. The number of pyridine rings is 1. The van der Waals surface area contributed by atoms with Gasteiger partial charge in [-0.3, -0.25) is 28.6 Å². The molecule has 133 heavy (non-hydrogen) atoms. The smallest absolute Gasteiger partial charge is 0.273 e. The first-order valence-corrected chi connectivity index (χ1v) is 50.6. The van der Waals surface area contributed by atoms with Crippen molar-refractivity contribution in [3.05, 3.63) is 218 Å². The van der Waals surface area contributed by atoms with Crippen LogP contribution in [0.5, 0.6) is 0 Å². The number of nitrogens with one attached hydrogen (secondary N) is 2. The van der Waals surface area contributed by atoms with Crippen molar-refractivity contribution in [2.24, 2.45) is 29.6 Å². The number of hydrogen-bond donors (Lipinski definition) is 2. The van der Waals surface area contributed by atoms with E-state index in [2.05, 4.69) is 79.9 Å². The maximum Gasteiger partial charge on any atom is 0.273 e. The van der Waals surface area contributed by atoms with Crippen LogP contribution in [0.25, 0.3) is 22.6 Å². The molecule has 4 amide bonds. The number of anilines is 6. The Morgan fingerprint density at radius 3 is 1.08 bits per heavy atom. The topological polar surface area (TPSA) is 344 Å². The van der Waals surface area contributed by atoms with Crippen molar-refractivity contribution in [3.8, 4) is 6.07 Å². The summed E-state index contributed by atoms with van der Waals surface area (Å²) in [5.41, 5.74) is 10.2. The van der Waals surface area contributed by atoms with E-state index in [9.17, 15) is 41.3 Å². The average Bonchev–Trinajstić information content (AvgIpc) is 1.66. The first kappa shape index (κ1) is 94.4. The van der Waals surface area contributed by atoms with Crippen molar-refractivity contribution >= 4 is 136 Å². The Hall–Kier alpha value is -11.8. The van der Waals surface area contributed by atoms with E-state index in [-0.39, 0.29) is 89.6 Å². The summed E-state index contributed by atoms with van der Waals surface area (Å²) in [5.74, 6) is 5.45. The van der Waals surface area contributed by atoms with E-state index in [1.165, 1.54) is 37.1 Å². The summed E-state index contributed by atoms with van der Waals surface area (Å²) in [6, 6.07) is 38.0. The fraction of sp³-hybridized carbons (Fsp3) is 0.458. The number of nitrogens with zero attached hydrogens (tertiary/aromatic N) is 22. The molecule has 8 atom stereocenters. The van der Waals surface area contributed by atoms with E-state index < -0.39 is 20.0 Å². The molecule has 17 heterocycles. The second-order valence-corrected chi connectivity index (χ2v) is 41.5. The molecule has 3 aromatic carbocycles. The molecule has 8 aliphatic rings. The third-order valence-corrected chi connectivity index (χ3v) is 28.1. The number of carbonyl (C=O) groups is 4. The van der Waals surface area contributed by atoms with Crippen molar-refractivity contribution in [1.82, 2.24) is 83.0 Å². The first-order chi connectivity index (χ1) is 63.4. The molecule has 12 aromatic rings. The molecule has 9 aromatic heterocycles. The van der Waals surface area contributed by atoms with Crippen LogP contribution < -0.4 is 29.0 Å². The van der Waals surface area contributed by atoms with Gasteiger partial charge >= 0.3 is 0 Å². The number of hydrogen-bond acceptors (Lipinski definition) is 22. The lowest BCUT2D eigenvalue weighted by Crippen LogP contribution is -2.45. The maximum absolute atomic E-state index is 13.7. The van der Waals surface area contributed by atoms with Crippen LogP contribution in [-0.4, -0.2) is 214 Å². The predicted molar refractivity (Wildman–Crippen MR) is 518 cm³/mol. The van der Waals surface area contributed by atoms with Gasteiger partial charge in [-0.05, 0) is 242 Å². The number of rotatable bonds is 16. The second-order valence-electron chi connectivity index (χ2n) is 36.7. The first-order valence-electron chi connectivity index (χ1n) is 45.7. The van der Waals surface area contributed by atoms with Crippen LogP contribution in [0.4, 0.5) is 34.6 Å². The normalized spacial score (nSPS) is 21.2. The molecule has 37 heteroatoms. The third kappa shape index (κ3) is 21.6. The number of fused-ring (bicyclic) bond motifs is 4. The van der Waals surface area contributed by atoms with Crippen LogP contribution in [-0.2, 0) is 20.0 Å². The Bertz CT molecular complexity index is 6620. The van der Waals surface area contributed by atoms with Gasteiger partial charge in [0.1, 0.15) is 29.0 Å². The minimum Gasteiger partial charge on any atom is -0.355 e. The van der Waals surface area contributed by atoms with Crippen LogP contribution in [0.2, 0.25) is 15.1 Å². The standard InChI is InChI=1S/C25H28ClN7O3S.C24H28ClN5O.C23H27ClN6O3S.C23H28N6O.CH4/c1-16-13-31(14-17(16)12-27)24-9-8-23-28-21(15-33(23)29-24)22-5-3-4-10-32(22)25(34)19-11-18(26)6-7-20(19)30-37(2,35)36;1-16-10-12-28(14-16)23-9-8-22-26-20(15-30(22)27-23)21-5-3-4-11-29(21)24(31)19-13-18(25)7-6-17(19)2;1-15-12-28(13-15)22-9-8-21-25-19(14-30(21)26-22)20-5-3-4-10-29(20)23(31)17-11-16(24)6-7-18(17)27-34(2,32)33;1-16-11-13-27(14-16)22-10-9-21-25-19(15-29(21)26-22)20-8-3-4-12-28(20)23(30)18-7-5-6-17(2)24-18;/h6-9,11,15-17,22,30H,3-5,10,13-14H2,1-2H3;6-9,13,15-16,21H,3-5,10-12,14H2,1-2H3;6-9,11,14-15,20,27H,3-5,10,12-13H2,1-2H3;5-7,9-10,15-16,20H,3-4,8,11-14H2,1-2H3;1H4/t16-,17+,22-;16-,21-;20-;16-,20-;/m0000./s1. The molecule has 8 fully saturated rings. The van der Waals surface area contributed by atoms with E-state index in [0.717, 1.165) is 223 Å². The van der Waals surface area contributed by atoms with Gasteiger partial charge in [0.25, 0.3) is 23.6 Å². The highest BCUT2D eigenvalue weighted by Gasteiger charge is 2.39. The summed E-state index contributed by atoms with van der Waals surface area (Å²) in [4.78, 5) is 94.1. The fourth-order valence-corrected chi connectivity index (χ4v) is 21.0. The van der Waals surface area contributed by atoms with Gasteiger partial charge in [0.15, 0.2) is 22.6 Å². The molecule has 8 aliphatic heterocycles. The van der Waals surface area contributed by atoms with E-state index in [4.69, 9.17) is 75.1 Å². The molecule has 0 radical (unpaired) electrons. The predicted octanol–water partition coefficient (Wildman–Crippen LogP) is 16.5. The number of benzene rings is 3. The van der Waals surface area contributed by atoms with Crippen LogP contribution in [0.3, 0.4) is 0 Å². The molecule has 0 aliphatic carbocycles. The van der Waals surface area contributed by atoms with Gasteiger partial charge in [-0.25, -0.2) is 59.8 Å². The lowest BCUT2D eigenvalue weighted by molar-refractivity contribution is 0.0595. The zero-order chi connectivity index (χ0) is 92.6. The fourth-order valence-electron chi connectivity index (χ4n) is 19.4. The van der Waals surface area contributed by atoms with E-state index in [1.807, 2.05) is 118 Å². The van der Waals surface area contributed by atoms with Crippen molar-refractivity contribution in [2.45, 2.75) is 163 Å². The lowest BCUT2D eigenvalue weighted by Gasteiger charge is -2.37. The zero-order valence-corrected chi connectivity index (χ0v) is 79.4. The monoisotopic (exact) mass is 1900 g/mol. The highest BCUT2D eigenvalue weighted by atomic mass is 35.5. The number of likely N-dealkylation sites (tertiary alicyclic amines) is 4. The Kier molecular flexibility index (Phi) is 28.5. The Labute approximate surface area is 791 Å². The highest BCUT2D eigenvalue weighted by Crippen LogP contribution is 2.41. The van der Waals surface area contributed by atoms with Crippen molar-refractivity contribution in [2.75, 3.05) is 120 Å². The molecule has 0 saturated carbocycles. The Balaban J connectivity index is 0.000000129. The zero-order valence-electron chi connectivity index (χ0n) is 75.5. The van der Waals surface area contributed by atoms with E-state index in [0.29, 0.717) is 69.4 Å². The van der Waals surface area contributed by atoms with Crippen molar-refractivity contribution < 1.29 is 36.0 Å². The number of halogens is 3. The molecule has 0 spiro atoms. The van der Waals surface area contributed by atoms with Gasteiger partial charge < -0.3 is 39.2 Å². The molecular formula is C96H115Cl3N24O8S2. The molecule has 0 bridgehead atoms. The lowest BCUT2D eigenvalue weighted by atomic mass is 9.97. The number of piperidine rings is 4. The number of imidazole rings is 4. The SMILES string of the molecule is C.CC1CN(c2ccc3nc([C@@H]4CCCCN4C(=O)c4cc(Cl)ccc4NS(C)(=O)=O)cn3n2)C1.C[C@H]1CN(c2ccc3nc([C@@H]4CCCCN4C(=O)c4cc(Cl)ccc4NS(C)(=O)=O)cn3n2)C[C@H]1C#N.Cc1ccc(Cl)cc1C(=O)N1CCCC[C@H]1c1cn2nc(N3CC[C@H](C)C3)ccc2n1.Cc1cccc(C(=O)N2CCCC[C@H]2c2cn3nc(N4CC[C@H](C)C4)ccc3n2)n1. The molecule has 0 unspecified atom stereocenters. The van der Waals surface area contributed by atoms with Gasteiger partial charge in [-0.15, -0.1) is 20.4 Å². The minimum atomic E-state index is -3.59. The maximum atomic E-state index is 13.7. The van der Waals surface area contributed by atoms with Gasteiger partial charge in [0, 0.05) is 105 Å². The van der Waals surface area contributed by atoms with Gasteiger partial charge in [0.2, 0.25) is 20.0 Å². The summed E-state index contributed by atoms with van der Waals surface area (Å²) >= 11 is 18.5. The molecule has 2 N–H and O–H groups in total. The quantitative estimate of drug-likeness (QED) is 0.0907. The van der Waals surface area contributed by atoms with Crippen LogP contribution in [0.15, 0.2) is 146 Å². The summed E-state index contributed by atoms with van der Waals surface area (Å²) < 4.78 is 59.6. The number of sulfonamides is 2. The van der Waals surface area contributed by atoms with Crippen LogP contribution >= 0.6 is 34.8 Å². The summed E-state index contributed by atoms with van der Waals surface area (Å²) in [6.07, 6.45) is 23.4. The summed E-state index contributed by atoms with van der Waals surface area (Å²) in [5, 5.41) is 29.8. The van der Waals surface area contributed by atoms with Gasteiger partial charge in [-0.1, -0.05) is 82.1 Å². The number of carbonyl (C=O) groups excluding carboxylic acids is 4. The van der Waals surface area contributed by atoms with Crippen molar-refractivity contribution in [1.29, 1.82) is 5.26 Å². The van der Waals surface area contributed by atoms with Gasteiger partial charge in [0.05, 0.1) is 119 Å². The summed E-state index contributed by atoms with van der Waals surface area (Å²) in [7, 11) is -7.15. The molecule has 20 rings (SSSR count). The molecule has 8 saturated heterocycles. The Morgan fingerprint density at radius 2 is 0.737 bits per heavy atom. The average molecular weight is 1900 g/mol. The minimum absolute atomic E-state index is 0. The molecule has 700 valence electrons. The summed E-state index contributed by atoms with van der Waals surface area (Å²) in [6.45, 7) is 22.9. The largest absolute Gasteiger partial charge is 0.355 e. The Morgan fingerprint density at radius 1 is 0.391 bits per heavy atom. The third-order valence-electron chi connectivity index (χ3n) is 26.3. The number of aryl methyl sites for hydroxylation is 2.